The van der Waals surface area contributed by atoms with Gasteiger partial charge in [-0.15, -0.1) is 0 Å². The van der Waals surface area contributed by atoms with Crippen LogP contribution in [0.4, 0.5) is 5.69 Å². The Morgan fingerprint density at radius 1 is 1.29 bits per heavy atom. The molecule has 0 aliphatic carbocycles. The summed E-state index contributed by atoms with van der Waals surface area (Å²) in [5.74, 6) is 2.00. The first kappa shape index (κ1) is 11.7. The second-order valence-electron chi connectivity index (χ2n) is 3.48. The molecule has 1 aromatic carbocycles. The van der Waals surface area contributed by atoms with Gasteiger partial charge in [-0.05, 0) is 30.0 Å². The quantitative estimate of drug-likeness (QED) is 0.841. The molecule has 0 atom stereocenters. The third-order valence-corrected chi connectivity index (χ3v) is 2.66. The van der Waals surface area contributed by atoms with E-state index in [1.165, 1.54) is 0 Å². The van der Waals surface area contributed by atoms with Gasteiger partial charge in [-0.2, -0.15) is 16.7 Å². The summed E-state index contributed by atoms with van der Waals surface area (Å²) in [6.07, 6.45) is 5.71. The summed E-state index contributed by atoms with van der Waals surface area (Å²) in [4.78, 5) is 4.22. The molecule has 1 aromatic heterocycles. The molecule has 0 aliphatic heterocycles. The lowest BCUT2D eigenvalue weighted by Crippen LogP contribution is -1.83. The Morgan fingerprint density at radius 3 is 2.76 bits per heavy atom. The van der Waals surface area contributed by atoms with Crippen molar-refractivity contribution in [3.8, 4) is 0 Å². The molecule has 2 rings (SSSR count). The van der Waals surface area contributed by atoms with Crippen LogP contribution >= 0.6 is 11.8 Å². The van der Waals surface area contributed by atoms with Crippen molar-refractivity contribution < 1.29 is 4.52 Å². The normalized spacial score (nSPS) is 11.1. The lowest BCUT2D eigenvalue weighted by molar-refractivity contribution is 0.405. The molecule has 4 nitrogen and oxygen atoms in total. The van der Waals surface area contributed by atoms with Crippen LogP contribution in [0.25, 0.3) is 12.2 Å². The maximum Gasteiger partial charge on any atom is 0.250 e. The number of nitrogens with zero attached hydrogens (tertiary/aromatic N) is 2. The summed E-state index contributed by atoms with van der Waals surface area (Å²) in [6, 6.07) is 7.58. The van der Waals surface area contributed by atoms with E-state index in [2.05, 4.69) is 10.1 Å². The topological polar surface area (TPSA) is 64.9 Å². The van der Waals surface area contributed by atoms with E-state index >= 15 is 0 Å². The summed E-state index contributed by atoms with van der Waals surface area (Å²) in [5.41, 5.74) is 7.40. The van der Waals surface area contributed by atoms with Gasteiger partial charge in [0.15, 0.2) is 5.82 Å². The molecule has 0 fully saturated rings. The molecule has 0 unspecified atom stereocenters. The molecule has 5 heteroatoms. The van der Waals surface area contributed by atoms with E-state index in [1.807, 2.05) is 36.6 Å². The average molecular weight is 247 g/mol. The number of aromatic nitrogens is 2. The maximum absolute atomic E-state index is 5.60. The van der Waals surface area contributed by atoms with Crippen LogP contribution in [0.3, 0.4) is 0 Å². The van der Waals surface area contributed by atoms with Gasteiger partial charge < -0.3 is 10.3 Å². The first-order valence-corrected chi connectivity index (χ1v) is 6.52. The van der Waals surface area contributed by atoms with Crippen molar-refractivity contribution in [1.82, 2.24) is 10.1 Å². The van der Waals surface area contributed by atoms with Gasteiger partial charge >= 0.3 is 0 Å². The number of anilines is 1. The van der Waals surface area contributed by atoms with Crippen LogP contribution in [-0.2, 0) is 5.75 Å². The Kier molecular flexibility index (Phi) is 3.82. The summed E-state index contributed by atoms with van der Waals surface area (Å²) in [5, 5.41) is 3.85. The SMILES string of the molecule is CSCc1noc(/C=C/c2ccc(N)cc2)n1. The lowest BCUT2D eigenvalue weighted by atomic mass is 10.2. The predicted octanol–water partition coefficient (Wildman–Crippen LogP) is 2.69. The summed E-state index contributed by atoms with van der Waals surface area (Å²) in [7, 11) is 0. The molecule has 1 heterocycles. The Bertz CT molecular complexity index is 505. The van der Waals surface area contributed by atoms with Crippen LogP contribution < -0.4 is 5.73 Å². The smallest absolute Gasteiger partial charge is 0.250 e. The highest BCUT2D eigenvalue weighted by Gasteiger charge is 2.01. The molecule has 0 amide bonds. The Morgan fingerprint density at radius 2 is 2.06 bits per heavy atom. The third-order valence-electron chi connectivity index (χ3n) is 2.11. The number of rotatable bonds is 4. The average Bonchev–Trinajstić information content (AvgIpc) is 2.77. The van der Waals surface area contributed by atoms with Crippen molar-refractivity contribution in [2.24, 2.45) is 0 Å². The molecule has 0 radical (unpaired) electrons. The highest BCUT2D eigenvalue weighted by Crippen LogP contribution is 2.11. The maximum atomic E-state index is 5.60. The molecule has 2 N–H and O–H groups in total. The largest absolute Gasteiger partial charge is 0.399 e. The first-order chi connectivity index (χ1) is 8.28. The van der Waals surface area contributed by atoms with Gasteiger partial charge in [-0.1, -0.05) is 17.3 Å². The number of hydrogen-bond acceptors (Lipinski definition) is 5. The number of hydrogen-bond donors (Lipinski definition) is 1. The van der Waals surface area contributed by atoms with Crippen molar-refractivity contribution in [2.45, 2.75) is 5.75 Å². The van der Waals surface area contributed by atoms with Crippen molar-refractivity contribution in [1.29, 1.82) is 0 Å². The van der Waals surface area contributed by atoms with Gasteiger partial charge in [0, 0.05) is 11.8 Å². The Hall–Kier alpha value is -1.75. The van der Waals surface area contributed by atoms with Crippen molar-refractivity contribution in [3.05, 3.63) is 41.5 Å². The van der Waals surface area contributed by atoms with Gasteiger partial charge in [0.25, 0.3) is 5.89 Å². The Balaban J connectivity index is 2.06. The second-order valence-corrected chi connectivity index (χ2v) is 4.35. The van der Waals surface area contributed by atoms with Crippen molar-refractivity contribution >= 4 is 29.6 Å². The fourth-order valence-corrected chi connectivity index (χ4v) is 1.67. The van der Waals surface area contributed by atoms with Gasteiger partial charge in [-0.3, -0.25) is 0 Å². The fraction of sp³-hybridized carbons (Fsp3) is 0.167. The van der Waals surface area contributed by atoms with Crippen LogP contribution in [0, 0.1) is 0 Å². The molecule has 17 heavy (non-hydrogen) atoms. The number of thioether (sulfide) groups is 1. The zero-order valence-corrected chi connectivity index (χ0v) is 10.3. The lowest BCUT2D eigenvalue weighted by Gasteiger charge is -1.93. The molecule has 0 bridgehead atoms. The van der Waals surface area contributed by atoms with E-state index in [9.17, 15) is 0 Å². The number of nitrogen functional groups attached to an aromatic ring is 1. The van der Waals surface area contributed by atoms with Crippen molar-refractivity contribution in [3.63, 3.8) is 0 Å². The van der Waals surface area contributed by atoms with E-state index in [0.717, 1.165) is 22.8 Å². The molecule has 88 valence electrons. The first-order valence-electron chi connectivity index (χ1n) is 5.13. The van der Waals surface area contributed by atoms with Gasteiger partial charge in [0.1, 0.15) is 0 Å². The van der Waals surface area contributed by atoms with Gasteiger partial charge in [-0.25, -0.2) is 0 Å². The summed E-state index contributed by atoms with van der Waals surface area (Å²) in [6.45, 7) is 0. The minimum Gasteiger partial charge on any atom is -0.399 e. The highest BCUT2D eigenvalue weighted by atomic mass is 32.2. The van der Waals surface area contributed by atoms with Crippen LogP contribution in [0.15, 0.2) is 28.8 Å². The monoisotopic (exact) mass is 247 g/mol. The zero-order chi connectivity index (χ0) is 12.1. The molecular formula is C12H13N3OS. The molecule has 2 aromatic rings. The van der Waals surface area contributed by atoms with E-state index in [0.29, 0.717) is 5.89 Å². The minimum atomic E-state index is 0.519. The van der Waals surface area contributed by atoms with E-state index < -0.39 is 0 Å². The molecule has 0 saturated carbocycles. The van der Waals surface area contributed by atoms with Gasteiger partial charge in [0.2, 0.25) is 0 Å². The molecule has 0 spiro atoms. The third kappa shape index (κ3) is 3.35. The Labute approximate surface area is 104 Å². The zero-order valence-electron chi connectivity index (χ0n) is 9.46. The highest BCUT2D eigenvalue weighted by molar-refractivity contribution is 7.97. The number of benzene rings is 1. The van der Waals surface area contributed by atoms with Crippen LogP contribution in [0.1, 0.15) is 17.3 Å². The van der Waals surface area contributed by atoms with E-state index in [-0.39, 0.29) is 0 Å². The van der Waals surface area contributed by atoms with Crippen LogP contribution in [-0.4, -0.2) is 16.4 Å². The standard InChI is InChI=1S/C12H13N3OS/c1-17-8-11-14-12(16-15-11)7-4-9-2-5-10(13)6-3-9/h2-7H,8,13H2,1H3/b7-4+. The summed E-state index contributed by atoms with van der Waals surface area (Å²) >= 11 is 1.66. The van der Waals surface area contributed by atoms with Crippen molar-refractivity contribution in [2.75, 3.05) is 12.0 Å². The fourth-order valence-electron chi connectivity index (χ4n) is 1.30. The minimum absolute atomic E-state index is 0.519. The van der Waals surface area contributed by atoms with Gasteiger partial charge in [0.05, 0.1) is 5.75 Å². The summed E-state index contributed by atoms with van der Waals surface area (Å²) < 4.78 is 5.08. The van der Waals surface area contributed by atoms with E-state index in [4.69, 9.17) is 10.3 Å². The predicted molar refractivity (Wildman–Crippen MR) is 71.3 cm³/mol. The second kappa shape index (κ2) is 5.54. The van der Waals surface area contributed by atoms with Crippen LogP contribution in [0.5, 0.6) is 0 Å². The molecular weight excluding hydrogens is 234 g/mol. The molecule has 0 aliphatic rings. The van der Waals surface area contributed by atoms with Crippen LogP contribution in [0.2, 0.25) is 0 Å². The van der Waals surface area contributed by atoms with E-state index in [1.54, 1.807) is 17.8 Å². The number of nitrogens with two attached hydrogens (primary N) is 1. The molecule has 0 saturated heterocycles.